The minimum Gasteiger partial charge on any atom is -0.342 e. The van der Waals surface area contributed by atoms with Gasteiger partial charge in [0.15, 0.2) is 5.16 Å². The van der Waals surface area contributed by atoms with E-state index >= 15 is 0 Å². The lowest BCUT2D eigenvalue weighted by atomic mass is 9.94. The molecule has 1 fully saturated rings. The summed E-state index contributed by atoms with van der Waals surface area (Å²) in [6.07, 6.45) is 6.64. The minimum atomic E-state index is -0.0749. The minimum absolute atomic E-state index is 0.0749. The zero-order valence-corrected chi connectivity index (χ0v) is 17.5. The molecule has 0 unspecified atom stereocenters. The Balaban J connectivity index is 1.81. The summed E-state index contributed by atoms with van der Waals surface area (Å²) in [6, 6.07) is 5.47. The van der Waals surface area contributed by atoms with Gasteiger partial charge in [-0.3, -0.25) is 14.2 Å². The molecular weight excluding hydrogens is 382 g/mol. The first-order chi connectivity index (χ1) is 13.0. The van der Waals surface area contributed by atoms with Crippen LogP contribution in [-0.4, -0.2) is 39.2 Å². The van der Waals surface area contributed by atoms with Gasteiger partial charge < -0.3 is 4.90 Å². The summed E-state index contributed by atoms with van der Waals surface area (Å²) in [5.41, 5.74) is 0.504. The molecule has 0 N–H and O–H groups in total. The van der Waals surface area contributed by atoms with E-state index in [1.54, 1.807) is 22.8 Å². The van der Waals surface area contributed by atoms with Crippen LogP contribution < -0.4 is 5.56 Å². The smallest absolute Gasteiger partial charge is 0.262 e. The van der Waals surface area contributed by atoms with Crippen LogP contribution in [0, 0.1) is 0 Å². The van der Waals surface area contributed by atoms with E-state index in [1.807, 2.05) is 18.9 Å². The van der Waals surface area contributed by atoms with E-state index in [0.29, 0.717) is 33.7 Å². The maximum Gasteiger partial charge on any atom is 0.262 e. The molecule has 0 spiro atoms. The largest absolute Gasteiger partial charge is 0.342 e. The number of hydrogen-bond donors (Lipinski definition) is 0. The number of hydrogen-bond acceptors (Lipinski definition) is 4. The van der Waals surface area contributed by atoms with Crippen molar-refractivity contribution >= 4 is 40.2 Å². The molecule has 146 valence electrons. The van der Waals surface area contributed by atoms with E-state index in [1.165, 1.54) is 31.0 Å². The first kappa shape index (κ1) is 20.2. The van der Waals surface area contributed by atoms with Gasteiger partial charge in [0.25, 0.3) is 5.56 Å². The number of rotatable bonds is 6. The van der Waals surface area contributed by atoms with E-state index < -0.39 is 0 Å². The van der Waals surface area contributed by atoms with Gasteiger partial charge in [-0.25, -0.2) is 4.98 Å². The standard InChI is InChI=1S/C20H26ClN3O2S/c1-3-11-24-19(26)16-10-9-14(21)12-17(16)22-20(24)27-13-18(25)23(2)15-7-5-4-6-8-15/h9-10,12,15H,3-8,11,13H2,1-2H3. The summed E-state index contributed by atoms with van der Waals surface area (Å²) in [6.45, 7) is 2.61. The summed E-state index contributed by atoms with van der Waals surface area (Å²) >= 11 is 7.40. The van der Waals surface area contributed by atoms with Crippen molar-refractivity contribution in [1.82, 2.24) is 14.5 Å². The quantitative estimate of drug-likeness (QED) is 0.527. The monoisotopic (exact) mass is 407 g/mol. The topological polar surface area (TPSA) is 55.2 Å². The van der Waals surface area contributed by atoms with Crippen LogP contribution in [0.3, 0.4) is 0 Å². The Hall–Kier alpha value is -1.53. The molecule has 1 aromatic carbocycles. The maximum atomic E-state index is 12.8. The second-order valence-corrected chi connectivity index (χ2v) is 8.48. The summed E-state index contributed by atoms with van der Waals surface area (Å²) in [4.78, 5) is 32.0. The van der Waals surface area contributed by atoms with Crippen molar-refractivity contribution in [3.05, 3.63) is 33.6 Å². The third-order valence-electron chi connectivity index (χ3n) is 5.17. The molecule has 5 nitrogen and oxygen atoms in total. The average molecular weight is 408 g/mol. The number of benzene rings is 1. The Morgan fingerprint density at radius 2 is 2.07 bits per heavy atom. The van der Waals surface area contributed by atoms with Gasteiger partial charge in [-0.2, -0.15) is 0 Å². The molecule has 1 amide bonds. The van der Waals surface area contributed by atoms with Crippen molar-refractivity contribution in [2.24, 2.45) is 0 Å². The van der Waals surface area contributed by atoms with Crippen molar-refractivity contribution in [2.75, 3.05) is 12.8 Å². The molecule has 0 bridgehead atoms. The summed E-state index contributed by atoms with van der Waals surface area (Å²) in [5.74, 6) is 0.380. The van der Waals surface area contributed by atoms with Crippen LogP contribution in [0.1, 0.15) is 45.4 Å². The van der Waals surface area contributed by atoms with Crippen LogP contribution in [0.5, 0.6) is 0 Å². The molecule has 0 aliphatic heterocycles. The lowest BCUT2D eigenvalue weighted by Crippen LogP contribution is -2.39. The van der Waals surface area contributed by atoms with E-state index in [-0.39, 0.29) is 17.2 Å². The Labute approximate surface area is 169 Å². The van der Waals surface area contributed by atoms with Gasteiger partial charge in [-0.1, -0.05) is 49.5 Å². The number of halogens is 1. The fourth-order valence-corrected chi connectivity index (χ4v) is 4.72. The van der Waals surface area contributed by atoms with Gasteiger partial charge in [0.1, 0.15) is 0 Å². The molecule has 1 heterocycles. The fourth-order valence-electron chi connectivity index (χ4n) is 3.60. The van der Waals surface area contributed by atoms with Crippen molar-refractivity contribution in [3.63, 3.8) is 0 Å². The van der Waals surface area contributed by atoms with E-state index in [4.69, 9.17) is 11.6 Å². The number of thioether (sulfide) groups is 1. The van der Waals surface area contributed by atoms with Gasteiger partial charge in [-0.05, 0) is 37.5 Å². The number of fused-ring (bicyclic) bond motifs is 1. The molecule has 0 radical (unpaired) electrons. The van der Waals surface area contributed by atoms with Crippen molar-refractivity contribution in [3.8, 4) is 0 Å². The Morgan fingerprint density at radius 1 is 1.33 bits per heavy atom. The predicted molar refractivity (Wildman–Crippen MR) is 112 cm³/mol. The van der Waals surface area contributed by atoms with Crippen LogP contribution in [0.15, 0.2) is 28.2 Å². The molecule has 2 aromatic rings. The Morgan fingerprint density at radius 3 is 2.78 bits per heavy atom. The highest BCUT2D eigenvalue weighted by molar-refractivity contribution is 7.99. The zero-order chi connectivity index (χ0) is 19.4. The number of carbonyl (C=O) groups is 1. The molecule has 1 saturated carbocycles. The van der Waals surface area contributed by atoms with Gasteiger partial charge in [0.05, 0.1) is 16.7 Å². The van der Waals surface area contributed by atoms with Crippen molar-refractivity contribution in [2.45, 2.75) is 63.2 Å². The Kier molecular flexibility index (Phi) is 6.82. The van der Waals surface area contributed by atoms with Crippen molar-refractivity contribution in [1.29, 1.82) is 0 Å². The van der Waals surface area contributed by atoms with Gasteiger partial charge in [0.2, 0.25) is 5.91 Å². The first-order valence-electron chi connectivity index (χ1n) is 9.59. The lowest BCUT2D eigenvalue weighted by Gasteiger charge is -2.31. The zero-order valence-electron chi connectivity index (χ0n) is 15.9. The average Bonchev–Trinajstić information content (AvgIpc) is 2.68. The van der Waals surface area contributed by atoms with Gasteiger partial charge in [0, 0.05) is 24.7 Å². The van der Waals surface area contributed by atoms with E-state index in [2.05, 4.69) is 4.98 Å². The lowest BCUT2D eigenvalue weighted by molar-refractivity contribution is -0.129. The number of aromatic nitrogens is 2. The van der Waals surface area contributed by atoms with Crippen LogP contribution in [0.2, 0.25) is 5.02 Å². The first-order valence-corrected chi connectivity index (χ1v) is 11.0. The molecule has 27 heavy (non-hydrogen) atoms. The second kappa shape index (κ2) is 9.11. The van der Waals surface area contributed by atoms with E-state index in [9.17, 15) is 9.59 Å². The third kappa shape index (κ3) is 4.66. The molecule has 7 heteroatoms. The number of nitrogens with zero attached hydrogens (tertiary/aromatic N) is 3. The number of amides is 1. The van der Waals surface area contributed by atoms with Crippen molar-refractivity contribution < 1.29 is 4.79 Å². The molecule has 1 aromatic heterocycles. The number of carbonyl (C=O) groups excluding carboxylic acids is 1. The molecule has 0 saturated heterocycles. The SMILES string of the molecule is CCCn1c(SCC(=O)N(C)C2CCCCC2)nc2cc(Cl)ccc2c1=O. The Bertz CT molecular complexity index is 877. The molecule has 1 aliphatic rings. The van der Waals surface area contributed by atoms with Crippen LogP contribution >= 0.6 is 23.4 Å². The van der Waals surface area contributed by atoms with E-state index in [0.717, 1.165) is 19.3 Å². The second-order valence-electron chi connectivity index (χ2n) is 7.10. The maximum absolute atomic E-state index is 12.8. The summed E-state index contributed by atoms with van der Waals surface area (Å²) < 4.78 is 1.68. The molecule has 0 atom stereocenters. The highest BCUT2D eigenvalue weighted by Gasteiger charge is 2.22. The van der Waals surface area contributed by atoms with Crippen LogP contribution in [0.4, 0.5) is 0 Å². The van der Waals surface area contributed by atoms with Gasteiger partial charge in [-0.15, -0.1) is 0 Å². The normalized spacial score (nSPS) is 15.2. The van der Waals surface area contributed by atoms with Gasteiger partial charge >= 0.3 is 0 Å². The predicted octanol–water partition coefficient (Wildman–Crippen LogP) is 4.34. The van der Waals surface area contributed by atoms with Crippen LogP contribution in [-0.2, 0) is 11.3 Å². The van der Waals surface area contributed by atoms with Crippen LogP contribution in [0.25, 0.3) is 10.9 Å². The molecular formula is C20H26ClN3O2S. The molecule has 3 rings (SSSR count). The third-order valence-corrected chi connectivity index (χ3v) is 6.37. The highest BCUT2D eigenvalue weighted by Crippen LogP contribution is 2.24. The summed E-state index contributed by atoms with van der Waals surface area (Å²) in [5, 5.41) is 1.69. The molecule has 1 aliphatic carbocycles. The highest BCUT2D eigenvalue weighted by atomic mass is 35.5. The fraction of sp³-hybridized carbons (Fsp3) is 0.550. The summed E-state index contributed by atoms with van der Waals surface area (Å²) in [7, 11) is 1.89.